The monoisotopic (exact) mass is 351 g/mol. The van der Waals surface area contributed by atoms with Crippen molar-refractivity contribution in [1.29, 1.82) is 0 Å². The molecule has 0 radical (unpaired) electrons. The van der Waals surface area contributed by atoms with E-state index in [1.165, 1.54) is 0 Å². The molecule has 0 aliphatic carbocycles. The number of halogens is 1. The van der Waals surface area contributed by atoms with E-state index in [0.29, 0.717) is 29.2 Å². The molecule has 0 spiro atoms. The van der Waals surface area contributed by atoms with Gasteiger partial charge in [0.25, 0.3) is 5.89 Å². The van der Waals surface area contributed by atoms with Crippen LogP contribution in [0.3, 0.4) is 0 Å². The summed E-state index contributed by atoms with van der Waals surface area (Å²) in [7, 11) is 0. The summed E-state index contributed by atoms with van der Waals surface area (Å²) in [4.78, 5) is 0. The van der Waals surface area contributed by atoms with Crippen molar-refractivity contribution in [3.05, 3.63) is 77.5 Å². The van der Waals surface area contributed by atoms with Gasteiger partial charge >= 0.3 is 6.01 Å². The summed E-state index contributed by atoms with van der Waals surface area (Å²) >= 11 is 6.34. The van der Waals surface area contributed by atoms with Gasteiger partial charge in [-0.3, -0.25) is 0 Å². The van der Waals surface area contributed by atoms with Gasteiger partial charge in [0.05, 0.1) is 6.26 Å². The molecule has 2 aromatic heterocycles. The first-order valence-electron chi connectivity index (χ1n) is 7.75. The van der Waals surface area contributed by atoms with Gasteiger partial charge in [-0.15, -0.1) is 5.10 Å². The summed E-state index contributed by atoms with van der Waals surface area (Å²) in [5.41, 5.74) is 3.13. The van der Waals surface area contributed by atoms with Crippen LogP contribution in [0, 0.1) is 0 Å². The van der Waals surface area contributed by atoms with Gasteiger partial charge in [0.15, 0.2) is 5.76 Å². The second kappa shape index (κ2) is 6.83. The normalized spacial score (nSPS) is 10.8. The van der Waals surface area contributed by atoms with Crippen molar-refractivity contribution in [2.24, 2.45) is 0 Å². The standard InChI is InChI=1S/C19H14ClN3O2/c20-16-9-4-3-8-15(16)14-7-2-1-6-13(14)12-21-19-23-22-18(25-19)17-10-5-11-24-17/h1-11H,12H2,(H,21,23). The molecule has 0 saturated heterocycles. The fourth-order valence-corrected chi connectivity index (χ4v) is 2.82. The molecule has 0 saturated carbocycles. The van der Waals surface area contributed by atoms with Crippen molar-refractivity contribution in [1.82, 2.24) is 10.2 Å². The van der Waals surface area contributed by atoms with Gasteiger partial charge in [-0.1, -0.05) is 59.2 Å². The second-order valence-corrected chi connectivity index (χ2v) is 5.79. The minimum atomic E-state index is 0.334. The van der Waals surface area contributed by atoms with E-state index in [1.54, 1.807) is 18.4 Å². The largest absolute Gasteiger partial charge is 0.459 e. The van der Waals surface area contributed by atoms with Gasteiger partial charge in [0, 0.05) is 17.1 Å². The highest BCUT2D eigenvalue weighted by Gasteiger charge is 2.12. The third-order valence-corrected chi connectivity index (χ3v) is 4.10. The van der Waals surface area contributed by atoms with Gasteiger partial charge in [0.1, 0.15) is 0 Å². The molecule has 6 heteroatoms. The minimum absolute atomic E-state index is 0.334. The zero-order valence-electron chi connectivity index (χ0n) is 13.1. The molecule has 1 N–H and O–H groups in total. The Morgan fingerprint density at radius 1 is 0.880 bits per heavy atom. The highest BCUT2D eigenvalue weighted by atomic mass is 35.5. The number of benzene rings is 2. The molecular weight excluding hydrogens is 338 g/mol. The van der Waals surface area contributed by atoms with Crippen LogP contribution in [-0.2, 0) is 6.54 Å². The Morgan fingerprint density at radius 2 is 1.68 bits per heavy atom. The van der Waals surface area contributed by atoms with Gasteiger partial charge in [-0.25, -0.2) is 0 Å². The lowest BCUT2D eigenvalue weighted by atomic mass is 10.00. The molecule has 5 nitrogen and oxygen atoms in total. The third kappa shape index (κ3) is 3.27. The number of aromatic nitrogens is 2. The summed E-state index contributed by atoms with van der Waals surface area (Å²) in [6.07, 6.45) is 1.56. The Morgan fingerprint density at radius 3 is 2.48 bits per heavy atom. The molecule has 4 rings (SSSR count). The number of hydrogen-bond donors (Lipinski definition) is 1. The molecule has 0 atom stereocenters. The van der Waals surface area contributed by atoms with E-state index in [-0.39, 0.29) is 0 Å². The van der Waals surface area contributed by atoms with E-state index in [0.717, 1.165) is 16.7 Å². The molecule has 0 bridgehead atoms. The van der Waals surface area contributed by atoms with Crippen LogP contribution >= 0.6 is 11.6 Å². The average molecular weight is 352 g/mol. The van der Waals surface area contributed by atoms with Crippen molar-refractivity contribution in [2.45, 2.75) is 6.54 Å². The minimum Gasteiger partial charge on any atom is -0.459 e. The Labute approximate surface area is 149 Å². The van der Waals surface area contributed by atoms with E-state index < -0.39 is 0 Å². The quantitative estimate of drug-likeness (QED) is 0.531. The summed E-state index contributed by atoms with van der Waals surface area (Å²) in [5, 5.41) is 11.8. The zero-order chi connectivity index (χ0) is 17.1. The molecule has 4 aromatic rings. The average Bonchev–Trinajstić information content (AvgIpc) is 3.32. The predicted octanol–water partition coefficient (Wildman–Crippen LogP) is 5.26. The molecule has 0 unspecified atom stereocenters. The first kappa shape index (κ1) is 15.5. The molecule has 124 valence electrons. The van der Waals surface area contributed by atoms with E-state index in [4.69, 9.17) is 20.4 Å². The number of furan rings is 1. The first-order valence-corrected chi connectivity index (χ1v) is 8.13. The second-order valence-electron chi connectivity index (χ2n) is 5.38. The Balaban J connectivity index is 1.55. The highest BCUT2D eigenvalue weighted by molar-refractivity contribution is 6.33. The van der Waals surface area contributed by atoms with E-state index in [1.807, 2.05) is 48.5 Å². The predicted molar refractivity (Wildman–Crippen MR) is 96.2 cm³/mol. The third-order valence-electron chi connectivity index (χ3n) is 3.77. The summed E-state index contributed by atoms with van der Waals surface area (Å²) in [6, 6.07) is 19.7. The van der Waals surface area contributed by atoms with Crippen LogP contribution in [0.2, 0.25) is 5.02 Å². The van der Waals surface area contributed by atoms with E-state index in [2.05, 4.69) is 15.5 Å². The lowest BCUT2D eigenvalue weighted by Crippen LogP contribution is -2.01. The van der Waals surface area contributed by atoms with Crippen molar-refractivity contribution >= 4 is 17.6 Å². The van der Waals surface area contributed by atoms with Crippen molar-refractivity contribution < 1.29 is 8.83 Å². The summed E-state index contributed by atoms with van der Waals surface area (Å²) in [6.45, 7) is 0.529. The zero-order valence-corrected chi connectivity index (χ0v) is 13.9. The number of nitrogens with zero attached hydrogens (tertiary/aromatic N) is 2. The van der Waals surface area contributed by atoms with Crippen LogP contribution < -0.4 is 5.32 Å². The van der Waals surface area contributed by atoms with Crippen LogP contribution in [-0.4, -0.2) is 10.2 Å². The summed E-state index contributed by atoms with van der Waals surface area (Å²) in [5.74, 6) is 0.879. The van der Waals surface area contributed by atoms with Crippen LogP contribution in [0.1, 0.15) is 5.56 Å². The lowest BCUT2D eigenvalue weighted by molar-refractivity contribution is 0.522. The number of hydrogen-bond acceptors (Lipinski definition) is 5. The fourth-order valence-electron chi connectivity index (χ4n) is 2.58. The number of anilines is 1. The SMILES string of the molecule is Clc1ccccc1-c1ccccc1CNc1nnc(-c2ccco2)o1. The van der Waals surface area contributed by atoms with Crippen molar-refractivity contribution in [2.75, 3.05) is 5.32 Å². The van der Waals surface area contributed by atoms with Gasteiger partial charge in [-0.05, 0) is 29.3 Å². The number of nitrogens with one attached hydrogen (secondary N) is 1. The van der Waals surface area contributed by atoms with Gasteiger partial charge in [0.2, 0.25) is 0 Å². The molecule has 2 heterocycles. The molecule has 2 aromatic carbocycles. The summed E-state index contributed by atoms with van der Waals surface area (Å²) < 4.78 is 10.8. The first-order chi connectivity index (χ1) is 12.3. The molecule has 0 aliphatic heterocycles. The van der Waals surface area contributed by atoms with Crippen LogP contribution in [0.15, 0.2) is 75.8 Å². The molecule has 0 amide bonds. The topological polar surface area (TPSA) is 64.1 Å². The van der Waals surface area contributed by atoms with Gasteiger partial charge in [-0.2, -0.15) is 0 Å². The van der Waals surface area contributed by atoms with Crippen LogP contribution in [0.4, 0.5) is 6.01 Å². The molecule has 0 aliphatic rings. The van der Waals surface area contributed by atoms with E-state index in [9.17, 15) is 0 Å². The Hall–Kier alpha value is -3.05. The Bertz CT molecular complexity index is 980. The maximum atomic E-state index is 6.34. The van der Waals surface area contributed by atoms with Gasteiger partial charge < -0.3 is 14.2 Å². The smallest absolute Gasteiger partial charge is 0.316 e. The molecule has 25 heavy (non-hydrogen) atoms. The molecular formula is C19H14ClN3O2. The maximum absolute atomic E-state index is 6.34. The number of rotatable bonds is 5. The van der Waals surface area contributed by atoms with Crippen LogP contribution in [0.25, 0.3) is 22.8 Å². The lowest BCUT2D eigenvalue weighted by Gasteiger charge is -2.11. The Kier molecular flexibility index (Phi) is 4.23. The van der Waals surface area contributed by atoms with Crippen molar-refractivity contribution in [3.63, 3.8) is 0 Å². The highest BCUT2D eigenvalue weighted by Crippen LogP contribution is 2.30. The van der Waals surface area contributed by atoms with E-state index >= 15 is 0 Å². The fraction of sp³-hybridized carbons (Fsp3) is 0.0526. The van der Waals surface area contributed by atoms with Crippen molar-refractivity contribution in [3.8, 4) is 22.8 Å². The molecule has 0 fully saturated rings. The maximum Gasteiger partial charge on any atom is 0.316 e. The van der Waals surface area contributed by atoms with Crippen LogP contribution in [0.5, 0.6) is 0 Å².